The second kappa shape index (κ2) is 12.5. The summed E-state index contributed by atoms with van der Waals surface area (Å²) in [5.41, 5.74) is 2.86. The van der Waals surface area contributed by atoms with E-state index in [1.807, 2.05) is 0 Å². The minimum atomic E-state index is -4.56. The van der Waals surface area contributed by atoms with Gasteiger partial charge >= 0.3 is 6.18 Å². The Bertz CT molecular complexity index is 1550. The van der Waals surface area contributed by atoms with E-state index < -0.39 is 27.9 Å². The molecule has 1 aromatic heterocycles. The molecule has 2 saturated heterocycles. The number of benzene rings is 2. The maximum atomic E-state index is 13.6. The van der Waals surface area contributed by atoms with Crippen LogP contribution in [0.3, 0.4) is 0 Å². The molecule has 0 saturated carbocycles. The van der Waals surface area contributed by atoms with Crippen molar-refractivity contribution in [1.29, 1.82) is 0 Å². The Morgan fingerprint density at radius 1 is 0.929 bits per heavy atom. The molecule has 0 bridgehead atoms. The lowest BCUT2D eigenvalue weighted by atomic mass is 10.0. The van der Waals surface area contributed by atoms with Crippen LogP contribution in [0.15, 0.2) is 42.5 Å². The summed E-state index contributed by atoms with van der Waals surface area (Å²) in [7, 11) is -3.91. The molecule has 42 heavy (non-hydrogen) atoms. The van der Waals surface area contributed by atoms with Crippen molar-refractivity contribution in [2.45, 2.75) is 44.8 Å². The molecule has 0 spiro atoms. The smallest absolute Gasteiger partial charge is 0.283 e. The van der Waals surface area contributed by atoms with Crippen LogP contribution in [0.1, 0.15) is 53.7 Å². The number of aromatic nitrogens is 2. The number of amides is 1. The third-order valence-corrected chi connectivity index (χ3v) is 9.37. The van der Waals surface area contributed by atoms with Gasteiger partial charge in [0, 0.05) is 48.9 Å². The molecule has 5 rings (SSSR count). The highest BCUT2D eigenvalue weighted by atomic mass is 35.5. The Morgan fingerprint density at radius 3 is 2.19 bits per heavy atom. The van der Waals surface area contributed by atoms with Crippen LogP contribution in [-0.2, 0) is 22.9 Å². The zero-order chi connectivity index (χ0) is 30.1. The minimum Gasteiger partial charge on any atom is -0.283 e. The van der Waals surface area contributed by atoms with Crippen LogP contribution in [0.2, 0.25) is 10.0 Å². The molecule has 3 aromatic rings. The number of hydrazine groups is 1. The predicted molar refractivity (Wildman–Crippen MR) is 153 cm³/mol. The van der Waals surface area contributed by atoms with E-state index in [1.54, 1.807) is 17.1 Å². The molecule has 2 aliphatic heterocycles. The Balaban J connectivity index is 1.65. The molecule has 0 aliphatic carbocycles. The lowest BCUT2D eigenvalue weighted by Crippen LogP contribution is -2.45. The number of alkyl halides is 3. The fraction of sp³-hybridized carbons (Fsp3) is 0.407. The molecule has 226 valence electrons. The summed E-state index contributed by atoms with van der Waals surface area (Å²) in [4.78, 5) is 13.6. The molecular formula is C27H29Cl2F3N6O3S. The first-order valence-corrected chi connectivity index (χ1v) is 15.7. The van der Waals surface area contributed by atoms with Crippen LogP contribution in [0.4, 0.5) is 13.2 Å². The predicted octanol–water partition coefficient (Wildman–Crippen LogP) is 5.43. The maximum Gasteiger partial charge on any atom is 0.416 e. The molecule has 9 nitrogen and oxygen atoms in total. The third-order valence-electron chi connectivity index (χ3n) is 7.27. The van der Waals surface area contributed by atoms with E-state index in [4.69, 9.17) is 23.2 Å². The van der Waals surface area contributed by atoms with Gasteiger partial charge in [-0.05, 0) is 56.0 Å². The van der Waals surface area contributed by atoms with Crippen molar-refractivity contribution in [2.75, 3.05) is 26.2 Å². The van der Waals surface area contributed by atoms with Crippen molar-refractivity contribution in [2.24, 2.45) is 0 Å². The number of rotatable bonds is 8. The topological polar surface area (TPSA) is 99.6 Å². The van der Waals surface area contributed by atoms with Gasteiger partial charge in [-0.3, -0.25) is 10.2 Å². The van der Waals surface area contributed by atoms with Gasteiger partial charge in [-0.1, -0.05) is 41.8 Å². The van der Waals surface area contributed by atoms with Crippen molar-refractivity contribution in [1.82, 2.24) is 29.2 Å². The molecule has 2 fully saturated rings. The first-order chi connectivity index (χ1) is 19.9. The average molecular weight is 646 g/mol. The summed E-state index contributed by atoms with van der Waals surface area (Å²) < 4.78 is 71.6. The van der Waals surface area contributed by atoms with Crippen molar-refractivity contribution < 1.29 is 26.4 Å². The first-order valence-electron chi connectivity index (χ1n) is 13.5. The Hall–Kier alpha value is -2.68. The van der Waals surface area contributed by atoms with E-state index in [9.17, 15) is 26.4 Å². The van der Waals surface area contributed by atoms with Gasteiger partial charge in [0.15, 0.2) is 5.69 Å². The van der Waals surface area contributed by atoms with Crippen molar-refractivity contribution in [3.8, 4) is 16.9 Å². The van der Waals surface area contributed by atoms with Gasteiger partial charge in [0.05, 0.1) is 22.0 Å². The molecule has 2 aromatic carbocycles. The number of nitrogens with one attached hydrogen (secondary N) is 2. The summed E-state index contributed by atoms with van der Waals surface area (Å²) in [6.45, 7) is 1.66. The lowest BCUT2D eigenvalue weighted by molar-refractivity contribution is -0.137. The standard InChI is InChI=1S/C27H29Cl2F3N6O3S/c28-20-10-11-23(22(29)16-20)38-25(18-6-8-19(9-7-18)27(30,31)32)21(17-33-42(40,41)37-14-4-5-15-37)24(34-38)26(39)35-36-12-2-1-3-13-36/h6-11,16,33H,1-5,12-15,17H2,(H,35,39). The molecule has 2 aliphatic rings. The highest BCUT2D eigenvalue weighted by molar-refractivity contribution is 7.87. The van der Waals surface area contributed by atoms with E-state index >= 15 is 0 Å². The van der Waals surface area contributed by atoms with Crippen molar-refractivity contribution in [3.63, 3.8) is 0 Å². The molecule has 2 N–H and O–H groups in total. The maximum absolute atomic E-state index is 13.6. The fourth-order valence-corrected chi connectivity index (χ4v) is 6.86. The molecule has 0 unspecified atom stereocenters. The van der Waals surface area contributed by atoms with Gasteiger partial charge in [0.1, 0.15) is 0 Å². The third kappa shape index (κ3) is 6.76. The van der Waals surface area contributed by atoms with Crippen LogP contribution in [-0.4, -0.2) is 59.6 Å². The normalized spacial score (nSPS) is 17.1. The summed E-state index contributed by atoms with van der Waals surface area (Å²) in [6, 6.07) is 8.94. The monoisotopic (exact) mass is 644 g/mol. The number of carbonyl (C=O) groups is 1. The minimum absolute atomic E-state index is 0.0920. The summed E-state index contributed by atoms with van der Waals surface area (Å²) in [5, 5.41) is 6.85. The van der Waals surface area contributed by atoms with Crippen molar-refractivity contribution in [3.05, 3.63) is 69.3 Å². The van der Waals surface area contributed by atoms with Crippen LogP contribution >= 0.6 is 23.2 Å². The number of nitrogens with zero attached hydrogens (tertiary/aromatic N) is 4. The van der Waals surface area contributed by atoms with Gasteiger partial charge < -0.3 is 0 Å². The molecule has 3 heterocycles. The number of carbonyl (C=O) groups excluding carboxylic acids is 1. The molecule has 0 atom stereocenters. The van der Waals surface area contributed by atoms with Gasteiger partial charge in [-0.15, -0.1) is 0 Å². The summed E-state index contributed by atoms with van der Waals surface area (Å²) in [5.74, 6) is -0.579. The van der Waals surface area contributed by atoms with Gasteiger partial charge in [-0.25, -0.2) is 9.69 Å². The fourth-order valence-electron chi connectivity index (χ4n) is 5.13. The van der Waals surface area contributed by atoms with Crippen LogP contribution < -0.4 is 10.1 Å². The van der Waals surface area contributed by atoms with Gasteiger partial charge in [-0.2, -0.15) is 35.7 Å². The molecule has 0 radical (unpaired) electrons. The number of piperidine rings is 1. The van der Waals surface area contributed by atoms with E-state index in [1.165, 1.54) is 27.2 Å². The number of hydrogen-bond donors (Lipinski definition) is 2. The van der Waals surface area contributed by atoms with Crippen LogP contribution in [0.5, 0.6) is 0 Å². The second-order valence-corrected chi connectivity index (χ2v) is 12.8. The number of hydrogen-bond acceptors (Lipinski definition) is 5. The lowest BCUT2D eigenvalue weighted by Gasteiger charge is -2.26. The summed E-state index contributed by atoms with van der Waals surface area (Å²) in [6.07, 6.45) is -0.269. The van der Waals surface area contributed by atoms with Gasteiger partial charge in [0.25, 0.3) is 16.1 Å². The molecule has 1 amide bonds. The zero-order valence-electron chi connectivity index (χ0n) is 22.4. The Labute approximate surface area is 251 Å². The summed E-state index contributed by atoms with van der Waals surface area (Å²) >= 11 is 12.6. The first kappa shape index (κ1) is 30.8. The quantitative estimate of drug-likeness (QED) is 0.341. The van der Waals surface area contributed by atoms with Gasteiger partial charge in [0.2, 0.25) is 0 Å². The van der Waals surface area contributed by atoms with Crippen LogP contribution in [0, 0.1) is 0 Å². The highest BCUT2D eigenvalue weighted by Gasteiger charge is 2.32. The molecular weight excluding hydrogens is 616 g/mol. The van der Waals surface area contributed by atoms with E-state index in [0.29, 0.717) is 36.9 Å². The molecule has 15 heteroatoms. The Morgan fingerprint density at radius 2 is 1.57 bits per heavy atom. The SMILES string of the molecule is O=C(NN1CCCCC1)c1nn(-c2ccc(Cl)cc2Cl)c(-c2ccc(C(F)(F)F)cc2)c1CNS(=O)(=O)N1CCCC1. The van der Waals surface area contributed by atoms with E-state index in [2.05, 4.69) is 15.2 Å². The van der Waals surface area contributed by atoms with Crippen molar-refractivity contribution >= 4 is 39.3 Å². The average Bonchev–Trinajstić information content (AvgIpc) is 3.62. The van der Waals surface area contributed by atoms with Crippen LogP contribution in [0.25, 0.3) is 16.9 Å². The number of halogens is 5. The Kier molecular flexibility index (Phi) is 9.16. The zero-order valence-corrected chi connectivity index (χ0v) is 24.8. The van der Waals surface area contributed by atoms with E-state index in [-0.39, 0.29) is 34.1 Å². The second-order valence-electron chi connectivity index (χ2n) is 10.2. The van der Waals surface area contributed by atoms with E-state index in [0.717, 1.165) is 44.2 Å². The largest absolute Gasteiger partial charge is 0.416 e. The highest BCUT2D eigenvalue weighted by Crippen LogP contribution is 2.36.